The van der Waals surface area contributed by atoms with Crippen molar-refractivity contribution < 1.29 is 9.53 Å². The van der Waals surface area contributed by atoms with E-state index in [4.69, 9.17) is 4.74 Å². The van der Waals surface area contributed by atoms with Crippen molar-refractivity contribution in [2.75, 3.05) is 12.4 Å². The normalized spacial score (nSPS) is 10.2. The minimum Gasteiger partial charge on any atom is -0.480 e. The summed E-state index contributed by atoms with van der Waals surface area (Å²) in [5.41, 5.74) is 2.79. The van der Waals surface area contributed by atoms with Crippen LogP contribution in [0.3, 0.4) is 0 Å². The molecule has 3 rings (SSSR count). The second kappa shape index (κ2) is 6.87. The van der Waals surface area contributed by atoms with E-state index in [-0.39, 0.29) is 17.7 Å². The zero-order chi connectivity index (χ0) is 16.9. The van der Waals surface area contributed by atoms with Gasteiger partial charge in [-0.15, -0.1) is 0 Å². The molecule has 1 N–H and O–H groups in total. The average molecular weight is 320 g/mol. The Balaban J connectivity index is 1.90. The van der Waals surface area contributed by atoms with Crippen LogP contribution in [0, 0.1) is 6.92 Å². The number of hydrogen-bond donors (Lipinski definition) is 1. The Hall–Kier alpha value is -3.28. The summed E-state index contributed by atoms with van der Waals surface area (Å²) in [7, 11) is 1.47. The first kappa shape index (κ1) is 15.6. The van der Waals surface area contributed by atoms with Crippen molar-refractivity contribution in [3.05, 3.63) is 66.0 Å². The number of rotatable bonds is 4. The third-order valence-electron chi connectivity index (χ3n) is 3.36. The maximum atomic E-state index is 12.4. The summed E-state index contributed by atoms with van der Waals surface area (Å²) >= 11 is 0. The molecule has 0 saturated carbocycles. The summed E-state index contributed by atoms with van der Waals surface area (Å²) < 4.78 is 5.11. The molecule has 120 valence electrons. The molecule has 0 radical (unpaired) electrons. The molecule has 0 bridgehead atoms. The molecular weight excluding hydrogens is 304 g/mol. The minimum atomic E-state index is -0.371. The Morgan fingerprint density at radius 2 is 1.88 bits per heavy atom. The lowest BCUT2D eigenvalue weighted by molar-refractivity contribution is 0.102. The molecule has 0 spiro atoms. The molecular formula is C18H16N4O2. The molecule has 2 heterocycles. The topological polar surface area (TPSA) is 77.0 Å². The first-order valence-corrected chi connectivity index (χ1v) is 7.39. The van der Waals surface area contributed by atoms with Crippen molar-refractivity contribution in [3.63, 3.8) is 0 Å². The number of amides is 1. The largest absolute Gasteiger partial charge is 0.480 e. The van der Waals surface area contributed by atoms with Gasteiger partial charge in [0.1, 0.15) is 5.56 Å². The van der Waals surface area contributed by atoms with Crippen LogP contribution >= 0.6 is 0 Å². The highest BCUT2D eigenvalue weighted by Gasteiger charge is 2.15. The van der Waals surface area contributed by atoms with Gasteiger partial charge < -0.3 is 4.74 Å². The van der Waals surface area contributed by atoms with Gasteiger partial charge in [0.05, 0.1) is 12.8 Å². The Labute approximate surface area is 139 Å². The number of carbonyl (C=O) groups is 1. The number of aromatic nitrogens is 3. The van der Waals surface area contributed by atoms with Crippen molar-refractivity contribution in [2.24, 2.45) is 0 Å². The first-order chi connectivity index (χ1) is 11.7. The van der Waals surface area contributed by atoms with E-state index < -0.39 is 0 Å². The quantitative estimate of drug-likeness (QED) is 0.799. The van der Waals surface area contributed by atoms with E-state index >= 15 is 0 Å². The number of ether oxygens (including phenoxy) is 1. The van der Waals surface area contributed by atoms with Gasteiger partial charge in [0.2, 0.25) is 11.8 Å². The van der Waals surface area contributed by atoms with E-state index in [0.717, 1.165) is 17.0 Å². The SMILES string of the molecule is COc1ncccc1C(=O)Nc1nc(C)cc(-c2ccccc2)n1. The molecule has 1 aromatic carbocycles. The number of carbonyl (C=O) groups excluding carboxylic acids is 1. The summed E-state index contributed by atoms with van der Waals surface area (Å²) in [5, 5.41) is 2.70. The Kier molecular flexibility index (Phi) is 4.47. The summed E-state index contributed by atoms with van der Waals surface area (Å²) in [4.78, 5) is 25.2. The van der Waals surface area contributed by atoms with E-state index in [1.165, 1.54) is 7.11 Å². The lowest BCUT2D eigenvalue weighted by atomic mass is 10.1. The Morgan fingerprint density at radius 3 is 2.62 bits per heavy atom. The molecule has 3 aromatic rings. The Bertz CT molecular complexity index is 866. The molecule has 2 aromatic heterocycles. The highest BCUT2D eigenvalue weighted by Crippen LogP contribution is 2.20. The maximum absolute atomic E-state index is 12.4. The summed E-state index contributed by atoms with van der Waals surface area (Å²) in [6.45, 7) is 1.86. The van der Waals surface area contributed by atoms with Crippen LogP contribution in [0.5, 0.6) is 5.88 Å². The highest BCUT2D eigenvalue weighted by molar-refractivity contribution is 6.05. The number of methoxy groups -OCH3 is 1. The van der Waals surface area contributed by atoms with E-state index in [1.807, 2.05) is 43.3 Å². The van der Waals surface area contributed by atoms with Gasteiger partial charge in [-0.3, -0.25) is 10.1 Å². The van der Waals surface area contributed by atoms with Gasteiger partial charge >= 0.3 is 0 Å². The summed E-state index contributed by atoms with van der Waals surface area (Å²) in [5.74, 6) is 0.125. The molecule has 0 aliphatic carbocycles. The number of aryl methyl sites for hydroxylation is 1. The molecule has 6 heteroatoms. The summed E-state index contributed by atoms with van der Waals surface area (Å²) in [6.07, 6.45) is 1.56. The van der Waals surface area contributed by atoms with Gasteiger partial charge in [0.15, 0.2) is 0 Å². The van der Waals surface area contributed by atoms with Gasteiger partial charge in [-0.1, -0.05) is 30.3 Å². The van der Waals surface area contributed by atoms with Crippen LogP contribution in [0.4, 0.5) is 5.95 Å². The molecule has 0 saturated heterocycles. The molecule has 0 aliphatic heterocycles. The smallest absolute Gasteiger partial charge is 0.263 e. The molecule has 6 nitrogen and oxygen atoms in total. The lowest BCUT2D eigenvalue weighted by Crippen LogP contribution is -2.16. The monoisotopic (exact) mass is 320 g/mol. The van der Waals surface area contributed by atoms with Gasteiger partial charge in [0, 0.05) is 17.5 Å². The van der Waals surface area contributed by atoms with Crippen LogP contribution in [-0.2, 0) is 0 Å². The molecule has 0 aliphatic rings. The molecule has 1 amide bonds. The van der Waals surface area contributed by atoms with Gasteiger partial charge in [-0.05, 0) is 25.1 Å². The molecule has 0 unspecified atom stereocenters. The van der Waals surface area contributed by atoms with Gasteiger partial charge in [-0.2, -0.15) is 0 Å². The van der Waals surface area contributed by atoms with Crippen LogP contribution < -0.4 is 10.1 Å². The third-order valence-corrected chi connectivity index (χ3v) is 3.36. The minimum absolute atomic E-state index is 0.241. The zero-order valence-electron chi connectivity index (χ0n) is 13.4. The van der Waals surface area contributed by atoms with Crippen molar-refractivity contribution in [2.45, 2.75) is 6.92 Å². The fourth-order valence-electron chi connectivity index (χ4n) is 2.28. The first-order valence-electron chi connectivity index (χ1n) is 7.39. The second-order valence-electron chi connectivity index (χ2n) is 5.10. The molecule has 0 atom stereocenters. The van der Waals surface area contributed by atoms with Crippen molar-refractivity contribution in [1.29, 1.82) is 0 Å². The van der Waals surface area contributed by atoms with E-state index in [0.29, 0.717) is 5.56 Å². The van der Waals surface area contributed by atoms with Crippen LogP contribution in [0.2, 0.25) is 0 Å². The second-order valence-corrected chi connectivity index (χ2v) is 5.10. The molecule has 24 heavy (non-hydrogen) atoms. The van der Waals surface area contributed by atoms with Crippen LogP contribution in [0.1, 0.15) is 16.1 Å². The van der Waals surface area contributed by atoms with E-state index in [2.05, 4.69) is 20.3 Å². The maximum Gasteiger partial charge on any atom is 0.263 e. The van der Waals surface area contributed by atoms with E-state index in [1.54, 1.807) is 18.3 Å². The number of pyridine rings is 1. The fourth-order valence-corrected chi connectivity index (χ4v) is 2.28. The predicted octanol–water partition coefficient (Wildman–Crippen LogP) is 3.11. The fraction of sp³-hybridized carbons (Fsp3) is 0.111. The molecule has 0 fully saturated rings. The summed E-state index contributed by atoms with van der Waals surface area (Å²) in [6, 6.07) is 14.9. The number of nitrogens with zero attached hydrogens (tertiary/aromatic N) is 3. The van der Waals surface area contributed by atoms with Crippen molar-refractivity contribution >= 4 is 11.9 Å². The number of hydrogen-bond acceptors (Lipinski definition) is 5. The third kappa shape index (κ3) is 3.38. The van der Waals surface area contributed by atoms with Gasteiger partial charge in [-0.25, -0.2) is 15.0 Å². The van der Waals surface area contributed by atoms with Gasteiger partial charge in [0.25, 0.3) is 5.91 Å². The number of anilines is 1. The number of benzene rings is 1. The van der Waals surface area contributed by atoms with Crippen molar-refractivity contribution in [1.82, 2.24) is 15.0 Å². The van der Waals surface area contributed by atoms with Crippen LogP contribution in [0.25, 0.3) is 11.3 Å². The zero-order valence-corrected chi connectivity index (χ0v) is 13.4. The lowest BCUT2D eigenvalue weighted by Gasteiger charge is -2.09. The van der Waals surface area contributed by atoms with Crippen LogP contribution in [-0.4, -0.2) is 28.0 Å². The van der Waals surface area contributed by atoms with Crippen LogP contribution in [0.15, 0.2) is 54.7 Å². The van der Waals surface area contributed by atoms with Crippen molar-refractivity contribution in [3.8, 4) is 17.1 Å². The van der Waals surface area contributed by atoms with E-state index in [9.17, 15) is 4.79 Å². The average Bonchev–Trinajstić information content (AvgIpc) is 2.62. The number of nitrogens with one attached hydrogen (secondary N) is 1. The Morgan fingerprint density at radius 1 is 1.08 bits per heavy atom. The standard InChI is InChI=1S/C18H16N4O2/c1-12-11-15(13-7-4-3-5-8-13)21-18(20-12)22-16(23)14-9-6-10-19-17(14)24-2/h3-11H,1-2H3,(H,20,21,22,23). The predicted molar refractivity (Wildman–Crippen MR) is 90.9 cm³/mol. The highest BCUT2D eigenvalue weighted by atomic mass is 16.5.